The van der Waals surface area contributed by atoms with Gasteiger partial charge in [-0.05, 0) is 43.4 Å². The van der Waals surface area contributed by atoms with Crippen LogP contribution in [0.5, 0.6) is 0 Å². The minimum atomic E-state index is -1.44. The van der Waals surface area contributed by atoms with Gasteiger partial charge in [-0.3, -0.25) is 0 Å². The summed E-state index contributed by atoms with van der Waals surface area (Å²) < 4.78 is 39.2. The van der Waals surface area contributed by atoms with Crippen molar-refractivity contribution in [1.82, 2.24) is 5.32 Å². The van der Waals surface area contributed by atoms with E-state index in [-0.39, 0.29) is 12.1 Å². The summed E-state index contributed by atoms with van der Waals surface area (Å²) in [5.74, 6) is -3.77. The molecule has 0 aromatic heterocycles. The molecule has 2 fully saturated rings. The van der Waals surface area contributed by atoms with E-state index in [1.165, 1.54) is 0 Å². The Hall–Kier alpha value is -1.07. The molecule has 1 aromatic rings. The fourth-order valence-corrected chi connectivity index (χ4v) is 2.68. The molecule has 1 saturated carbocycles. The van der Waals surface area contributed by atoms with Crippen molar-refractivity contribution in [3.05, 3.63) is 35.1 Å². The first kappa shape index (κ1) is 12.0. The third-order valence-electron chi connectivity index (χ3n) is 3.97. The lowest BCUT2D eigenvalue weighted by Gasteiger charge is -2.19. The molecule has 3 rings (SSSR count). The molecule has 0 bridgehead atoms. The van der Waals surface area contributed by atoms with Crippen LogP contribution in [0.2, 0.25) is 0 Å². The van der Waals surface area contributed by atoms with Crippen molar-refractivity contribution in [2.75, 3.05) is 0 Å². The molecule has 0 radical (unpaired) electrons. The molecule has 98 valence electrons. The quantitative estimate of drug-likeness (QED) is 0.797. The third-order valence-corrected chi connectivity index (χ3v) is 3.97. The first-order chi connectivity index (χ1) is 8.49. The highest BCUT2D eigenvalue weighted by atomic mass is 19.2. The largest absolute Gasteiger partial charge is 0.388 e. The highest BCUT2D eigenvalue weighted by Crippen LogP contribution is 2.44. The highest BCUT2D eigenvalue weighted by molar-refractivity contribution is 5.24. The molecule has 2 unspecified atom stereocenters. The number of aliphatic hydroxyl groups is 1. The molecule has 2 N–H and O–H groups in total. The molecule has 2 atom stereocenters. The van der Waals surface area contributed by atoms with Crippen molar-refractivity contribution in [2.45, 2.75) is 43.4 Å². The zero-order valence-electron chi connectivity index (χ0n) is 9.72. The van der Waals surface area contributed by atoms with Gasteiger partial charge < -0.3 is 10.4 Å². The standard InChI is InChI=1S/C13H14F3NO/c14-8-5-7(6-9(15)12(8)16)10-1-2-11(17-10)13(18)3-4-13/h5-6,10-11,17-18H,1-4H2. The second-order valence-electron chi connectivity index (χ2n) is 5.25. The number of hydrogen-bond donors (Lipinski definition) is 2. The average molecular weight is 257 g/mol. The van der Waals surface area contributed by atoms with Crippen LogP contribution in [0.3, 0.4) is 0 Å². The number of halogens is 3. The average Bonchev–Trinajstić information content (AvgIpc) is 2.91. The maximum absolute atomic E-state index is 13.1. The topological polar surface area (TPSA) is 32.3 Å². The highest BCUT2D eigenvalue weighted by Gasteiger charge is 2.50. The Morgan fingerprint density at radius 2 is 1.72 bits per heavy atom. The molecule has 18 heavy (non-hydrogen) atoms. The summed E-state index contributed by atoms with van der Waals surface area (Å²) in [6, 6.07) is 1.80. The van der Waals surface area contributed by atoms with E-state index in [0.717, 1.165) is 31.4 Å². The van der Waals surface area contributed by atoms with Crippen LogP contribution in [0, 0.1) is 17.5 Å². The summed E-state index contributed by atoms with van der Waals surface area (Å²) >= 11 is 0. The fraction of sp³-hybridized carbons (Fsp3) is 0.538. The summed E-state index contributed by atoms with van der Waals surface area (Å²) in [7, 11) is 0. The van der Waals surface area contributed by atoms with Crippen LogP contribution in [0.4, 0.5) is 13.2 Å². The van der Waals surface area contributed by atoms with Crippen LogP contribution in [0.15, 0.2) is 12.1 Å². The minimum Gasteiger partial charge on any atom is -0.388 e. The van der Waals surface area contributed by atoms with Gasteiger partial charge in [0.05, 0.1) is 5.60 Å². The van der Waals surface area contributed by atoms with Crippen LogP contribution >= 0.6 is 0 Å². The second kappa shape index (κ2) is 3.96. The Labute approximate surface area is 103 Å². The molecule has 2 aliphatic rings. The van der Waals surface area contributed by atoms with E-state index < -0.39 is 23.1 Å². The number of benzene rings is 1. The van der Waals surface area contributed by atoms with Gasteiger partial charge >= 0.3 is 0 Å². The Morgan fingerprint density at radius 1 is 1.11 bits per heavy atom. The van der Waals surface area contributed by atoms with Gasteiger partial charge in [0.1, 0.15) is 0 Å². The molecule has 1 heterocycles. The van der Waals surface area contributed by atoms with E-state index in [9.17, 15) is 18.3 Å². The van der Waals surface area contributed by atoms with Gasteiger partial charge in [0.15, 0.2) is 17.5 Å². The monoisotopic (exact) mass is 257 g/mol. The van der Waals surface area contributed by atoms with E-state index in [0.29, 0.717) is 12.0 Å². The van der Waals surface area contributed by atoms with Crippen molar-refractivity contribution >= 4 is 0 Å². The number of rotatable bonds is 2. The van der Waals surface area contributed by atoms with Crippen molar-refractivity contribution < 1.29 is 18.3 Å². The van der Waals surface area contributed by atoms with Crippen molar-refractivity contribution in [1.29, 1.82) is 0 Å². The third kappa shape index (κ3) is 1.91. The maximum Gasteiger partial charge on any atom is 0.194 e. The molecule has 1 aromatic carbocycles. The Balaban J connectivity index is 1.80. The molecular formula is C13H14F3NO. The molecular weight excluding hydrogens is 243 g/mol. The van der Waals surface area contributed by atoms with Crippen LogP contribution in [-0.4, -0.2) is 16.7 Å². The SMILES string of the molecule is OC1(C2CCC(c3cc(F)c(F)c(F)c3)N2)CC1. The Bertz CT molecular complexity index is 464. The van der Waals surface area contributed by atoms with Crippen molar-refractivity contribution in [3.8, 4) is 0 Å². The lowest BCUT2D eigenvalue weighted by Crippen LogP contribution is -2.37. The van der Waals surface area contributed by atoms with Crippen LogP contribution < -0.4 is 5.32 Å². The second-order valence-corrected chi connectivity index (χ2v) is 5.25. The van der Waals surface area contributed by atoms with Gasteiger partial charge in [0.25, 0.3) is 0 Å². The molecule has 1 saturated heterocycles. The summed E-state index contributed by atoms with van der Waals surface area (Å²) in [4.78, 5) is 0. The molecule has 1 aliphatic heterocycles. The molecule has 5 heteroatoms. The van der Waals surface area contributed by atoms with Gasteiger partial charge in [0.2, 0.25) is 0 Å². The fourth-order valence-electron chi connectivity index (χ4n) is 2.68. The molecule has 1 aliphatic carbocycles. The van der Waals surface area contributed by atoms with Gasteiger partial charge in [-0.1, -0.05) is 0 Å². The van der Waals surface area contributed by atoms with Gasteiger partial charge in [-0.2, -0.15) is 0 Å². The van der Waals surface area contributed by atoms with Gasteiger partial charge in [-0.25, -0.2) is 13.2 Å². The van der Waals surface area contributed by atoms with Crippen molar-refractivity contribution in [2.24, 2.45) is 0 Å². The first-order valence-corrected chi connectivity index (χ1v) is 6.12. The zero-order chi connectivity index (χ0) is 12.9. The van der Waals surface area contributed by atoms with Crippen LogP contribution in [0.25, 0.3) is 0 Å². The lowest BCUT2D eigenvalue weighted by molar-refractivity contribution is 0.109. The normalized spacial score (nSPS) is 29.6. The summed E-state index contributed by atoms with van der Waals surface area (Å²) in [6.45, 7) is 0. The first-order valence-electron chi connectivity index (χ1n) is 6.12. The predicted octanol–water partition coefficient (Wildman–Crippen LogP) is 2.42. The van der Waals surface area contributed by atoms with Gasteiger partial charge in [-0.15, -0.1) is 0 Å². The molecule has 2 nitrogen and oxygen atoms in total. The van der Waals surface area contributed by atoms with E-state index in [2.05, 4.69) is 5.32 Å². The van der Waals surface area contributed by atoms with E-state index in [4.69, 9.17) is 0 Å². The maximum atomic E-state index is 13.1. The Morgan fingerprint density at radius 3 is 2.28 bits per heavy atom. The minimum absolute atomic E-state index is 0.0290. The lowest BCUT2D eigenvalue weighted by atomic mass is 10.0. The summed E-state index contributed by atoms with van der Waals surface area (Å²) in [5.41, 5.74) is -0.246. The predicted molar refractivity (Wildman–Crippen MR) is 59.4 cm³/mol. The van der Waals surface area contributed by atoms with E-state index in [1.807, 2.05) is 0 Å². The van der Waals surface area contributed by atoms with E-state index in [1.54, 1.807) is 0 Å². The van der Waals surface area contributed by atoms with Gasteiger partial charge in [0, 0.05) is 12.1 Å². The smallest absolute Gasteiger partial charge is 0.194 e. The zero-order valence-corrected chi connectivity index (χ0v) is 9.72. The number of nitrogens with one attached hydrogen (secondary N) is 1. The van der Waals surface area contributed by atoms with Crippen LogP contribution in [-0.2, 0) is 0 Å². The summed E-state index contributed by atoms with van der Waals surface area (Å²) in [5, 5.41) is 13.2. The summed E-state index contributed by atoms with van der Waals surface area (Å²) in [6.07, 6.45) is 2.99. The van der Waals surface area contributed by atoms with Crippen molar-refractivity contribution in [3.63, 3.8) is 0 Å². The molecule has 0 amide bonds. The van der Waals surface area contributed by atoms with E-state index >= 15 is 0 Å². The Kier molecular flexibility index (Phi) is 2.64. The number of hydrogen-bond acceptors (Lipinski definition) is 2. The van der Waals surface area contributed by atoms with Crippen LogP contribution in [0.1, 0.15) is 37.3 Å². The molecule has 0 spiro atoms.